The molecule has 1 rings (SSSR count). The minimum atomic E-state index is -0.0253. The third-order valence-electron chi connectivity index (χ3n) is 2.57. The number of thiazole rings is 1. The molecule has 1 unspecified atom stereocenters. The minimum absolute atomic E-state index is 0.0253. The van der Waals surface area contributed by atoms with Crippen LogP contribution in [0.25, 0.3) is 0 Å². The Hall–Kier alpha value is -0.450. The van der Waals surface area contributed by atoms with Crippen LogP contribution in [0.4, 0.5) is 0 Å². The molecule has 3 nitrogen and oxygen atoms in total. The number of rotatable bonds is 6. The van der Waals surface area contributed by atoms with Crippen molar-refractivity contribution in [3.05, 3.63) is 16.6 Å². The van der Waals surface area contributed by atoms with Gasteiger partial charge in [-0.3, -0.25) is 0 Å². The summed E-state index contributed by atoms with van der Waals surface area (Å²) in [5, 5.41) is 6.68. The molecule has 0 bridgehead atoms. The predicted octanol–water partition coefficient (Wildman–Crippen LogP) is 1.95. The van der Waals surface area contributed by atoms with E-state index < -0.39 is 0 Å². The van der Waals surface area contributed by atoms with E-state index in [2.05, 4.69) is 31.1 Å². The highest BCUT2D eigenvalue weighted by Gasteiger charge is 2.22. The third-order valence-corrected chi connectivity index (χ3v) is 3.67. The molecule has 15 heavy (non-hydrogen) atoms. The van der Waals surface area contributed by atoms with Crippen molar-refractivity contribution in [3.8, 4) is 0 Å². The first-order valence-electron chi connectivity index (χ1n) is 5.41. The SMILES string of the molecule is CC(CN)CCNC(C)(C)c1nccs1. The minimum Gasteiger partial charge on any atom is -0.330 e. The number of nitrogens with zero attached hydrogens (tertiary/aromatic N) is 1. The standard InChI is InChI=1S/C11H21N3S/c1-9(8-12)4-5-14-11(2,3)10-13-6-7-15-10/h6-7,9,14H,4-5,8,12H2,1-3H3. The van der Waals surface area contributed by atoms with Crippen LogP contribution in [0.2, 0.25) is 0 Å². The van der Waals surface area contributed by atoms with Gasteiger partial charge in [0.15, 0.2) is 0 Å². The average Bonchev–Trinajstić information content (AvgIpc) is 2.70. The van der Waals surface area contributed by atoms with Gasteiger partial charge in [0.05, 0.1) is 5.54 Å². The van der Waals surface area contributed by atoms with Crippen LogP contribution in [0.3, 0.4) is 0 Å². The summed E-state index contributed by atoms with van der Waals surface area (Å²) in [5.74, 6) is 0.588. The normalized spacial score (nSPS) is 14.1. The molecule has 0 aliphatic rings. The van der Waals surface area contributed by atoms with Crippen molar-refractivity contribution in [2.24, 2.45) is 11.7 Å². The van der Waals surface area contributed by atoms with Crippen molar-refractivity contribution >= 4 is 11.3 Å². The Morgan fingerprint density at radius 2 is 2.33 bits per heavy atom. The second kappa shape index (κ2) is 5.58. The van der Waals surface area contributed by atoms with Gasteiger partial charge in [-0.05, 0) is 39.3 Å². The van der Waals surface area contributed by atoms with E-state index >= 15 is 0 Å². The molecule has 0 spiro atoms. The molecule has 1 atom stereocenters. The molecule has 0 saturated carbocycles. The Balaban J connectivity index is 2.37. The quantitative estimate of drug-likeness (QED) is 0.781. The van der Waals surface area contributed by atoms with E-state index in [0.29, 0.717) is 5.92 Å². The zero-order valence-electron chi connectivity index (χ0n) is 9.79. The number of hydrogen-bond donors (Lipinski definition) is 2. The maximum absolute atomic E-state index is 5.58. The molecule has 0 amide bonds. The zero-order chi connectivity index (χ0) is 11.3. The molecule has 0 radical (unpaired) electrons. The van der Waals surface area contributed by atoms with Crippen LogP contribution in [0.1, 0.15) is 32.2 Å². The fraction of sp³-hybridized carbons (Fsp3) is 0.727. The van der Waals surface area contributed by atoms with Gasteiger partial charge in [-0.2, -0.15) is 0 Å². The summed E-state index contributed by atoms with van der Waals surface area (Å²) in [6, 6.07) is 0. The van der Waals surface area contributed by atoms with E-state index in [4.69, 9.17) is 5.73 Å². The Bertz CT molecular complexity index is 269. The monoisotopic (exact) mass is 227 g/mol. The summed E-state index contributed by atoms with van der Waals surface area (Å²) in [7, 11) is 0. The van der Waals surface area contributed by atoms with Gasteiger partial charge in [0.25, 0.3) is 0 Å². The second-order valence-corrected chi connectivity index (χ2v) is 5.41. The fourth-order valence-corrected chi connectivity index (χ4v) is 2.10. The molecule has 0 aliphatic carbocycles. The average molecular weight is 227 g/mol. The van der Waals surface area contributed by atoms with Gasteiger partial charge >= 0.3 is 0 Å². The van der Waals surface area contributed by atoms with E-state index in [0.717, 1.165) is 24.5 Å². The van der Waals surface area contributed by atoms with Gasteiger partial charge in [0.2, 0.25) is 0 Å². The maximum Gasteiger partial charge on any atom is 0.112 e. The molecule has 0 fully saturated rings. The highest BCUT2D eigenvalue weighted by Crippen LogP contribution is 2.21. The molecule has 1 aromatic heterocycles. The lowest BCUT2D eigenvalue weighted by atomic mass is 10.0. The van der Waals surface area contributed by atoms with Gasteiger partial charge in [0.1, 0.15) is 5.01 Å². The lowest BCUT2D eigenvalue weighted by Gasteiger charge is -2.24. The molecule has 1 aromatic rings. The van der Waals surface area contributed by atoms with Crippen molar-refractivity contribution in [2.75, 3.05) is 13.1 Å². The van der Waals surface area contributed by atoms with Gasteiger partial charge in [0, 0.05) is 11.6 Å². The lowest BCUT2D eigenvalue weighted by molar-refractivity contribution is 0.377. The number of hydrogen-bond acceptors (Lipinski definition) is 4. The molecule has 1 heterocycles. The molecule has 3 N–H and O–H groups in total. The fourth-order valence-electron chi connectivity index (χ4n) is 1.36. The van der Waals surface area contributed by atoms with Crippen molar-refractivity contribution in [3.63, 3.8) is 0 Å². The topological polar surface area (TPSA) is 50.9 Å². The molecule has 86 valence electrons. The molecule has 0 saturated heterocycles. The highest BCUT2D eigenvalue weighted by molar-refractivity contribution is 7.09. The van der Waals surface area contributed by atoms with Gasteiger partial charge in [-0.15, -0.1) is 11.3 Å². The molecule has 4 heteroatoms. The van der Waals surface area contributed by atoms with Crippen LogP contribution >= 0.6 is 11.3 Å². The Labute approximate surface area is 96.1 Å². The molecule has 0 aliphatic heterocycles. The first kappa shape index (κ1) is 12.6. The molecule has 0 aromatic carbocycles. The van der Waals surface area contributed by atoms with Gasteiger partial charge in [-0.25, -0.2) is 4.98 Å². The van der Waals surface area contributed by atoms with Crippen LogP contribution in [0.5, 0.6) is 0 Å². The predicted molar refractivity (Wildman–Crippen MR) is 66.0 cm³/mol. The summed E-state index contributed by atoms with van der Waals surface area (Å²) < 4.78 is 0. The van der Waals surface area contributed by atoms with E-state index in [9.17, 15) is 0 Å². The van der Waals surface area contributed by atoms with Crippen molar-refractivity contribution in [1.82, 2.24) is 10.3 Å². The highest BCUT2D eigenvalue weighted by atomic mass is 32.1. The summed E-state index contributed by atoms with van der Waals surface area (Å²) in [5.41, 5.74) is 5.55. The van der Waals surface area contributed by atoms with Crippen LogP contribution in [-0.4, -0.2) is 18.1 Å². The molecular weight excluding hydrogens is 206 g/mol. The van der Waals surface area contributed by atoms with Crippen LogP contribution < -0.4 is 11.1 Å². The van der Waals surface area contributed by atoms with E-state index in [-0.39, 0.29) is 5.54 Å². The largest absolute Gasteiger partial charge is 0.330 e. The summed E-state index contributed by atoms with van der Waals surface area (Å²) in [6.45, 7) is 8.26. The lowest BCUT2D eigenvalue weighted by Crippen LogP contribution is -2.37. The zero-order valence-corrected chi connectivity index (χ0v) is 10.6. The third kappa shape index (κ3) is 3.89. The Morgan fingerprint density at radius 3 is 2.87 bits per heavy atom. The number of nitrogens with two attached hydrogens (primary N) is 1. The molecular formula is C11H21N3S. The van der Waals surface area contributed by atoms with E-state index in [1.165, 1.54) is 0 Å². The first-order valence-corrected chi connectivity index (χ1v) is 6.29. The number of aromatic nitrogens is 1. The first-order chi connectivity index (χ1) is 7.06. The Morgan fingerprint density at radius 1 is 1.60 bits per heavy atom. The van der Waals surface area contributed by atoms with Crippen molar-refractivity contribution < 1.29 is 0 Å². The van der Waals surface area contributed by atoms with Crippen LogP contribution in [0.15, 0.2) is 11.6 Å². The maximum atomic E-state index is 5.58. The van der Waals surface area contributed by atoms with E-state index in [1.54, 1.807) is 11.3 Å². The summed E-state index contributed by atoms with van der Waals surface area (Å²) >= 11 is 1.70. The van der Waals surface area contributed by atoms with Gasteiger partial charge in [-0.1, -0.05) is 6.92 Å². The van der Waals surface area contributed by atoms with Crippen molar-refractivity contribution in [2.45, 2.75) is 32.7 Å². The van der Waals surface area contributed by atoms with Gasteiger partial charge < -0.3 is 11.1 Å². The smallest absolute Gasteiger partial charge is 0.112 e. The van der Waals surface area contributed by atoms with Crippen LogP contribution in [0, 0.1) is 5.92 Å². The second-order valence-electron chi connectivity index (χ2n) is 4.52. The van der Waals surface area contributed by atoms with Crippen molar-refractivity contribution in [1.29, 1.82) is 0 Å². The number of nitrogens with one attached hydrogen (secondary N) is 1. The summed E-state index contributed by atoms with van der Waals surface area (Å²) in [4.78, 5) is 4.34. The Kier molecular flexibility index (Phi) is 4.70. The van der Waals surface area contributed by atoms with E-state index in [1.807, 2.05) is 11.6 Å². The summed E-state index contributed by atoms with van der Waals surface area (Å²) in [6.07, 6.45) is 2.97. The van der Waals surface area contributed by atoms with Crippen LogP contribution in [-0.2, 0) is 5.54 Å².